The van der Waals surface area contributed by atoms with Crippen LogP contribution in [0.25, 0.3) is 0 Å². The van der Waals surface area contributed by atoms with Gasteiger partial charge in [-0.3, -0.25) is 14.6 Å². The molecule has 1 aromatic heterocycles. The van der Waals surface area contributed by atoms with Gasteiger partial charge < -0.3 is 10.1 Å². The molecule has 1 heterocycles. The van der Waals surface area contributed by atoms with Gasteiger partial charge in [-0.05, 0) is 35.1 Å². The average Bonchev–Trinajstić information content (AvgIpc) is 2.65. The number of carbonyl (C=O) groups is 2. The molecule has 5 heteroatoms. The van der Waals surface area contributed by atoms with Crippen molar-refractivity contribution < 1.29 is 14.3 Å². The summed E-state index contributed by atoms with van der Waals surface area (Å²) in [6.45, 7) is 8.63. The highest BCUT2D eigenvalue weighted by Gasteiger charge is 2.18. The molecular weight excluding hydrogens is 340 g/mol. The molecule has 0 aliphatic carbocycles. The third-order valence-corrected chi connectivity index (χ3v) is 4.28. The van der Waals surface area contributed by atoms with Crippen LogP contribution in [0.5, 0.6) is 5.75 Å². The van der Waals surface area contributed by atoms with Gasteiger partial charge in [0, 0.05) is 12.6 Å². The zero-order valence-corrected chi connectivity index (χ0v) is 16.5. The van der Waals surface area contributed by atoms with E-state index in [9.17, 15) is 9.59 Å². The number of pyridine rings is 1. The molecular formula is C22H28N2O3. The minimum absolute atomic E-state index is 0.0397. The number of hydrogen-bond donors (Lipinski definition) is 1. The molecule has 0 aliphatic rings. The summed E-state index contributed by atoms with van der Waals surface area (Å²) in [6, 6.07) is 11.5. The van der Waals surface area contributed by atoms with Crippen LogP contribution in [0, 0.1) is 0 Å². The zero-order chi connectivity index (χ0) is 19.8. The fourth-order valence-electron chi connectivity index (χ4n) is 2.76. The van der Waals surface area contributed by atoms with Crippen molar-refractivity contribution in [2.45, 2.75) is 58.9 Å². The number of carbonyl (C=O) groups excluding carboxylic acids is 2. The van der Waals surface area contributed by atoms with Crippen molar-refractivity contribution in [3.8, 4) is 5.75 Å². The number of esters is 1. The van der Waals surface area contributed by atoms with E-state index in [1.54, 1.807) is 6.20 Å². The quantitative estimate of drug-likeness (QED) is 0.556. The first kappa shape index (κ1) is 20.6. The standard InChI is InChI=1S/C22H28N2O3/c1-15(2)18-9-7-10-19(16(3)4)22(18)27-21(26)12-11-20(25)24-14-17-8-5-6-13-23-17/h5-10,13,15-16H,11-12,14H2,1-4H3,(H,24,25). The van der Waals surface area contributed by atoms with Crippen LogP contribution < -0.4 is 10.1 Å². The van der Waals surface area contributed by atoms with E-state index in [2.05, 4.69) is 38.0 Å². The van der Waals surface area contributed by atoms with Crippen molar-refractivity contribution in [1.82, 2.24) is 10.3 Å². The molecule has 2 rings (SSSR count). The number of rotatable bonds is 8. The summed E-state index contributed by atoms with van der Waals surface area (Å²) < 4.78 is 5.68. The van der Waals surface area contributed by atoms with Crippen LogP contribution in [0.15, 0.2) is 42.6 Å². The SMILES string of the molecule is CC(C)c1cccc(C(C)C)c1OC(=O)CCC(=O)NCc1ccccn1. The van der Waals surface area contributed by atoms with Gasteiger partial charge >= 0.3 is 5.97 Å². The Balaban J connectivity index is 1.93. The molecule has 144 valence electrons. The maximum Gasteiger partial charge on any atom is 0.311 e. The van der Waals surface area contributed by atoms with Gasteiger partial charge in [0.05, 0.1) is 18.7 Å². The molecule has 0 atom stereocenters. The van der Waals surface area contributed by atoms with Crippen LogP contribution >= 0.6 is 0 Å². The molecule has 1 N–H and O–H groups in total. The minimum Gasteiger partial charge on any atom is -0.426 e. The van der Waals surface area contributed by atoms with E-state index in [4.69, 9.17) is 4.74 Å². The monoisotopic (exact) mass is 368 g/mol. The van der Waals surface area contributed by atoms with E-state index in [0.717, 1.165) is 16.8 Å². The molecule has 1 amide bonds. The van der Waals surface area contributed by atoms with Gasteiger partial charge in [-0.25, -0.2) is 0 Å². The second-order valence-electron chi connectivity index (χ2n) is 7.15. The Morgan fingerprint density at radius 2 is 1.63 bits per heavy atom. The fraction of sp³-hybridized carbons (Fsp3) is 0.409. The normalized spacial score (nSPS) is 10.9. The topological polar surface area (TPSA) is 68.3 Å². The summed E-state index contributed by atoms with van der Waals surface area (Å²) in [4.78, 5) is 28.5. The lowest BCUT2D eigenvalue weighted by molar-refractivity contribution is -0.136. The van der Waals surface area contributed by atoms with Crippen molar-refractivity contribution in [2.24, 2.45) is 0 Å². The maximum atomic E-state index is 12.3. The molecule has 2 aromatic rings. The van der Waals surface area contributed by atoms with Gasteiger partial charge in [-0.2, -0.15) is 0 Å². The maximum absolute atomic E-state index is 12.3. The number of para-hydroxylation sites is 1. The van der Waals surface area contributed by atoms with Gasteiger partial charge in [0.1, 0.15) is 5.75 Å². The number of nitrogens with one attached hydrogen (secondary N) is 1. The summed E-state index contributed by atoms with van der Waals surface area (Å²) in [5.74, 6) is 0.541. The van der Waals surface area contributed by atoms with Crippen molar-refractivity contribution in [2.75, 3.05) is 0 Å². The van der Waals surface area contributed by atoms with Gasteiger partial charge in [-0.1, -0.05) is 52.0 Å². The van der Waals surface area contributed by atoms with Crippen LogP contribution in [0.4, 0.5) is 0 Å². The minimum atomic E-state index is -0.391. The molecule has 0 spiro atoms. The van der Waals surface area contributed by atoms with E-state index in [0.29, 0.717) is 12.3 Å². The molecule has 1 aromatic carbocycles. The highest BCUT2D eigenvalue weighted by Crippen LogP contribution is 2.34. The molecule has 0 radical (unpaired) electrons. The number of benzene rings is 1. The highest BCUT2D eigenvalue weighted by atomic mass is 16.5. The molecule has 27 heavy (non-hydrogen) atoms. The summed E-state index contributed by atoms with van der Waals surface area (Å²) in [7, 11) is 0. The van der Waals surface area contributed by atoms with Gasteiger partial charge in [0.2, 0.25) is 5.91 Å². The van der Waals surface area contributed by atoms with Gasteiger partial charge in [0.25, 0.3) is 0 Å². The van der Waals surface area contributed by atoms with Gasteiger partial charge in [0.15, 0.2) is 0 Å². The summed E-state index contributed by atoms with van der Waals surface area (Å²) in [5, 5.41) is 2.77. The molecule has 0 saturated heterocycles. The van der Waals surface area contributed by atoms with Crippen molar-refractivity contribution in [1.29, 1.82) is 0 Å². The lowest BCUT2D eigenvalue weighted by atomic mass is 9.94. The highest BCUT2D eigenvalue weighted by molar-refractivity contribution is 5.82. The lowest BCUT2D eigenvalue weighted by Gasteiger charge is -2.18. The fourth-order valence-corrected chi connectivity index (χ4v) is 2.76. The van der Waals surface area contributed by atoms with Crippen LogP contribution in [-0.2, 0) is 16.1 Å². The zero-order valence-electron chi connectivity index (χ0n) is 16.5. The Morgan fingerprint density at radius 3 is 2.19 bits per heavy atom. The first-order valence-electron chi connectivity index (χ1n) is 9.38. The summed E-state index contributed by atoms with van der Waals surface area (Å²) in [6.07, 6.45) is 1.81. The predicted octanol–water partition coefficient (Wildman–Crippen LogP) is 4.33. The average molecular weight is 368 g/mol. The molecule has 0 unspecified atom stereocenters. The molecule has 0 fully saturated rings. The van der Waals surface area contributed by atoms with E-state index < -0.39 is 5.97 Å². The third-order valence-electron chi connectivity index (χ3n) is 4.28. The predicted molar refractivity (Wildman–Crippen MR) is 106 cm³/mol. The Labute approximate surface area is 161 Å². The Kier molecular flexibility index (Phi) is 7.53. The summed E-state index contributed by atoms with van der Waals surface area (Å²) >= 11 is 0. The molecule has 5 nitrogen and oxygen atoms in total. The second-order valence-corrected chi connectivity index (χ2v) is 7.15. The van der Waals surface area contributed by atoms with E-state index in [1.165, 1.54) is 0 Å². The second kappa shape index (κ2) is 9.86. The van der Waals surface area contributed by atoms with E-state index >= 15 is 0 Å². The van der Waals surface area contributed by atoms with E-state index in [1.807, 2.05) is 36.4 Å². The first-order chi connectivity index (χ1) is 12.9. The number of nitrogens with zero attached hydrogens (tertiary/aromatic N) is 1. The van der Waals surface area contributed by atoms with E-state index in [-0.39, 0.29) is 30.6 Å². The number of hydrogen-bond acceptors (Lipinski definition) is 4. The largest absolute Gasteiger partial charge is 0.426 e. The van der Waals surface area contributed by atoms with Crippen molar-refractivity contribution in [3.05, 3.63) is 59.4 Å². The Morgan fingerprint density at radius 1 is 0.963 bits per heavy atom. The molecule has 0 aliphatic heterocycles. The van der Waals surface area contributed by atoms with Gasteiger partial charge in [-0.15, -0.1) is 0 Å². The smallest absolute Gasteiger partial charge is 0.311 e. The number of amides is 1. The Hall–Kier alpha value is -2.69. The van der Waals surface area contributed by atoms with Crippen LogP contribution in [0.2, 0.25) is 0 Å². The van der Waals surface area contributed by atoms with Crippen LogP contribution in [-0.4, -0.2) is 16.9 Å². The van der Waals surface area contributed by atoms with Crippen LogP contribution in [0.1, 0.15) is 69.2 Å². The Bertz CT molecular complexity index is 744. The van der Waals surface area contributed by atoms with Crippen molar-refractivity contribution in [3.63, 3.8) is 0 Å². The third kappa shape index (κ3) is 6.20. The molecule has 0 saturated carbocycles. The number of aromatic nitrogens is 1. The van der Waals surface area contributed by atoms with Crippen molar-refractivity contribution >= 4 is 11.9 Å². The lowest BCUT2D eigenvalue weighted by Crippen LogP contribution is -2.24. The number of ether oxygens (including phenoxy) is 1. The van der Waals surface area contributed by atoms with Crippen LogP contribution in [0.3, 0.4) is 0 Å². The summed E-state index contributed by atoms with van der Waals surface area (Å²) in [5.41, 5.74) is 2.80. The first-order valence-corrected chi connectivity index (χ1v) is 9.38. The molecule has 0 bridgehead atoms.